The van der Waals surface area contributed by atoms with Crippen LogP contribution in [0.5, 0.6) is 0 Å². The second-order valence-electron chi connectivity index (χ2n) is 6.36. The lowest BCUT2D eigenvalue weighted by Gasteiger charge is -2.18. The van der Waals surface area contributed by atoms with Crippen molar-refractivity contribution in [3.63, 3.8) is 0 Å². The van der Waals surface area contributed by atoms with Crippen molar-refractivity contribution in [2.24, 2.45) is 0 Å². The van der Waals surface area contributed by atoms with E-state index in [2.05, 4.69) is 66.7 Å². The molecule has 1 aliphatic carbocycles. The predicted octanol–water partition coefficient (Wildman–Crippen LogP) is 5.54. The summed E-state index contributed by atoms with van der Waals surface area (Å²) < 4.78 is 0. The van der Waals surface area contributed by atoms with Crippen LogP contribution in [0.2, 0.25) is 0 Å². The first kappa shape index (κ1) is 12.8. The largest absolute Gasteiger partial charge is 0.248 e. The first-order valence-electron chi connectivity index (χ1n) is 8.30. The van der Waals surface area contributed by atoms with Crippen LogP contribution in [0.3, 0.4) is 0 Å². The number of aryl methyl sites for hydroxylation is 2. The molecule has 0 radical (unpaired) electrons. The van der Waals surface area contributed by atoms with Crippen molar-refractivity contribution in [2.75, 3.05) is 0 Å². The van der Waals surface area contributed by atoms with Gasteiger partial charge in [0.15, 0.2) is 0 Å². The van der Waals surface area contributed by atoms with E-state index in [0.717, 1.165) is 17.6 Å². The van der Waals surface area contributed by atoms with Gasteiger partial charge in [-0.15, -0.1) is 0 Å². The van der Waals surface area contributed by atoms with Crippen LogP contribution >= 0.6 is 0 Å². The molecule has 0 atom stereocenters. The molecule has 0 saturated heterocycles. The second-order valence-corrected chi connectivity index (χ2v) is 6.36. The number of aromatic nitrogens is 1. The smallest absolute Gasteiger partial charge is 0.0718 e. The van der Waals surface area contributed by atoms with Gasteiger partial charge in [-0.1, -0.05) is 54.6 Å². The molecule has 0 N–H and O–H groups in total. The number of hydrogen-bond acceptors (Lipinski definition) is 1. The summed E-state index contributed by atoms with van der Waals surface area (Å²) in [5.74, 6) is 0. The van der Waals surface area contributed by atoms with E-state index < -0.39 is 0 Å². The highest BCUT2D eigenvalue weighted by atomic mass is 14.7. The van der Waals surface area contributed by atoms with Crippen LogP contribution in [0.1, 0.15) is 17.5 Å². The normalized spacial score (nSPS) is 13.6. The number of benzene rings is 3. The second kappa shape index (κ2) is 4.92. The highest BCUT2D eigenvalue weighted by molar-refractivity contribution is 5.98. The summed E-state index contributed by atoms with van der Waals surface area (Å²) >= 11 is 0. The molecule has 110 valence electrons. The molecule has 0 fully saturated rings. The van der Waals surface area contributed by atoms with Gasteiger partial charge in [-0.25, -0.2) is 4.98 Å². The van der Waals surface area contributed by atoms with Crippen LogP contribution in [0, 0.1) is 0 Å². The minimum absolute atomic E-state index is 1.10. The number of pyridine rings is 1. The summed E-state index contributed by atoms with van der Waals surface area (Å²) in [6.07, 6.45) is 3.58. The zero-order valence-corrected chi connectivity index (χ0v) is 12.9. The van der Waals surface area contributed by atoms with E-state index in [1.54, 1.807) is 0 Å². The zero-order chi connectivity index (χ0) is 15.2. The van der Waals surface area contributed by atoms with Crippen molar-refractivity contribution in [3.05, 3.63) is 77.9 Å². The van der Waals surface area contributed by atoms with Gasteiger partial charge in [0.05, 0.1) is 11.2 Å². The molecule has 0 bridgehead atoms. The summed E-state index contributed by atoms with van der Waals surface area (Å²) in [5, 5.41) is 3.94. The van der Waals surface area contributed by atoms with Crippen molar-refractivity contribution in [3.8, 4) is 11.3 Å². The summed E-state index contributed by atoms with van der Waals surface area (Å²) in [7, 11) is 0. The van der Waals surface area contributed by atoms with Gasteiger partial charge < -0.3 is 0 Å². The van der Waals surface area contributed by atoms with Crippen LogP contribution in [-0.2, 0) is 12.8 Å². The van der Waals surface area contributed by atoms with E-state index in [0.29, 0.717) is 0 Å². The molecule has 5 rings (SSSR count). The Labute approximate surface area is 135 Å². The molecule has 1 heteroatoms. The van der Waals surface area contributed by atoms with Gasteiger partial charge in [0.1, 0.15) is 0 Å². The molecule has 3 aromatic carbocycles. The van der Waals surface area contributed by atoms with Crippen molar-refractivity contribution in [2.45, 2.75) is 19.3 Å². The van der Waals surface area contributed by atoms with E-state index in [9.17, 15) is 0 Å². The van der Waals surface area contributed by atoms with Crippen molar-refractivity contribution < 1.29 is 0 Å². The van der Waals surface area contributed by atoms with Crippen LogP contribution in [0.15, 0.2) is 66.7 Å². The minimum Gasteiger partial charge on any atom is -0.248 e. The van der Waals surface area contributed by atoms with Gasteiger partial charge in [0, 0.05) is 10.9 Å². The Bertz CT molecular complexity index is 1040. The monoisotopic (exact) mass is 295 g/mol. The Morgan fingerprint density at radius 3 is 2.57 bits per heavy atom. The molecule has 1 heterocycles. The zero-order valence-electron chi connectivity index (χ0n) is 12.9. The molecular formula is C22H17N. The molecule has 1 nitrogen and oxygen atoms in total. The van der Waals surface area contributed by atoms with Crippen molar-refractivity contribution >= 4 is 21.7 Å². The average molecular weight is 295 g/mol. The van der Waals surface area contributed by atoms with E-state index in [1.165, 1.54) is 45.7 Å². The summed E-state index contributed by atoms with van der Waals surface area (Å²) in [5.41, 5.74) is 6.39. The van der Waals surface area contributed by atoms with Crippen LogP contribution < -0.4 is 0 Å². The molecule has 23 heavy (non-hydrogen) atoms. The SMILES string of the molecule is c1ccc2c(-c3cc4c5c(cccc5n3)CCC4)cccc2c1. The third-order valence-electron chi connectivity index (χ3n) is 4.96. The first-order valence-corrected chi connectivity index (χ1v) is 8.30. The third-order valence-corrected chi connectivity index (χ3v) is 4.96. The van der Waals surface area contributed by atoms with E-state index in [4.69, 9.17) is 4.98 Å². The van der Waals surface area contributed by atoms with Crippen molar-refractivity contribution in [1.82, 2.24) is 4.98 Å². The molecule has 0 aliphatic heterocycles. The molecule has 0 unspecified atom stereocenters. The van der Waals surface area contributed by atoms with Gasteiger partial charge in [-0.05, 0) is 53.3 Å². The lowest BCUT2D eigenvalue weighted by atomic mass is 9.89. The Hall–Kier alpha value is -2.67. The lowest BCUT2D eigenvalue weighted by molar-refractivity contribution is 0.807. The molecule has 0 spiro atoms. The number of nitrogens with zero attached hydrogens (tertiary/aromatic N) is 1. The molecule has 0 saturated carbocycles. The summed E-state index contributed by atoms with van der Waals surface area (Å²) in [6, 6.07) is 23.9. The van der Waals surface area contributed by atoms with Gasteiger partial charge >= 0.3 is 0 Å². The Morgan fingerprint density at radius 2 is 1.57 bits per heavy atom. The number of rotatable bonds is 1. The molecule has 4 aromatic rings. The Balaban J connectivity index is 1.84. The van der Waals surface area contributed by atoms with Crippen LogP contribution in [0.25, 0.3) is 32.9 Å². The average Bonchev–Trinajstić information content (AvgIpc) is 2.61. The third kappa shape index (κ3) is 1.97. The maximum Gasteiger partial charge on any atom is 0.0718 e. The van der Waals surface area contributed by atoms with E-state index in [1.807, 2.05) is 0 Å². The van der Waals surface area contributed by atoms with Crippen LogP contribution in [-0.4, -0.2) is 4.98 Å². The predicted molar refractivity (Wildman–Crippen MR) is 96.7 cm³/mol. The topological polar surface area (TPSA) is 12.9 Å². The van der Waals surface area contributed by atoms with Crippen LogP contribution in [0.4, 0.5) is 0 Å². The first-order chi connectivity index (χ1) is 11.4. The minimum atomic E-state index is 1.10. The van der Waals surface area contributed by atoms with Gasteiger partial charge in [-0.2, -0.15) is 0 Å². The summed E-state index contributed by atoms with van der Waals surface area (Å²) in [6.45, 7) is 0. The maximum absolute atomic E-state index is 5.00. The molecule has 0 amide bonds. The Kier molecular flexibility index (Phi) is 2.75. The standard InChI is InChI=1S/C22H17N/c1-2-11-18-15(6-1)7-4-12-19(18)21-14-17-10-3-8-16-9-5-13-20(23-21)22(16)17/h1-2,4-7,9,11-14H,3,8,10H2. The number of fused-ring (bicyclic) bond motifs is 1. The fraction of sp³-hybridized carbons (Fsp3) is 0.136. The molecule has 1 aliphatic rings. The highest BCUT2D eigenvalue weighted by Crippen LogP contribution is 2.34. The fourth-order valence-corrected chi connectivity index (χ4v) is 3.91. The lowest BCUT2D eigenvalue weighted by Crippen LogP contribution is -2.03. The van der Waals surface area contributed by atoms with Gasteiger partial charge in [0.25, 0.3) is 0 Å². The van der Waals surface area contributed by atoms with Crippen molar-refractivity contribution in [1.29, 1.82) is 0 Å². The fourth-order valence-electron chi connectivity index (χ4n) is 3.91. The molecular weight excluding hydrogens is 278 g/mol. The quantitative estimate of drug-likeness (QED) is 0.449. The highest BCUT2D eigenvalue weighted by Gasteiger charge is 2.15. The van der Waals surface area contributed by atoms with E-state index in [-0.39, 0.29) is 0 Å². The summed E-state index contributed by atoms with van der Waals surface area (Å²) in [4.78, 5) is 5.00. The maximum atomic E-state index is 5.00. The number of hydrogen-bond donors (Lipinski definition) is 0. The molecule has 1 aromatic heterocycles. The van der Waals surface area contributed by atoms with Gasteiger partial charge in [-0.3, -0.25) is 0 Å². The van der Waals surface area contributed by atoms with Gasteiger partial charge in [0.2, 0.25) is 0 Å². The Morgan fingerprint density at radius 1 is 0.739 bits per heavy atom. The van der Waals surface area contributed by atoms with E-state index >= 15 is 0 Å².